The third-order valence-corrected chi connectivity index (χ3v) is 3.90. The number of hydrogen-bond acceptors (Lipinski definition) is 4. The fourth-order valence-corrected chi connectivity index (χ4v) is 2.49. The van der Waals surface area contributed by atoms with E-state index in [0.29, 0.717) is 6.04 Å². The number of carbonyl (C=O) groups excluding carboxylic acids is 1. The number of nitrogens with one attached hydrogen (secondary N) is 1. The van der Waals surface area contributed by atoms with E-state index in [2.05, 4.69) is 10.3 Å². The van der Waals surface area contributed by atoms with E-state index < -0.39 is 18.1 Å². The van der Waals surface area contributed by atoms with Crippen LogP contribution >= 0.6 is 0 Å². The van der Waals surface area contributed by atoms with Crippen molar-refractivity contribution >= 4 is 12.1 Å². The molecule has 7 heteroatoms. The number of carbonyl (C=O) groups is 2. The first-order valence-corrected chi connectivity index (χ1v) is 7.84. The van der Waals surface area contributed by atoms with E-state index in [1.54, 1.807) is 12.5 Å². The number of aliphatic carboxylic acids is 1. The predicted molar refractivity (Wildman–Crippen MR) is 85.4 cm³/mol. The van der Waals surface area contributed by atoms with Crippen LogP contribution in [0.3, 0.4) is 0 Å². The number of rotatable bonds is 7. The zero-order valence-corrected chi connectivity index (χ0v) is 13.1. The number of amides is 1. The molecule has 2 aromatic rings. The van der Waals surface area contributed by atoms with E-state index in [-0.39, 0.29) is 13.0 Å². The van der Waals surface area contributed by atoms with Crippen LogP contribution in [0.1, 0.15) is 30.1 Å². The minimum absolute atomic E-state index is 0.0962. The minimum atomic E-state index is -1.10. The molecule has 1 saturated carbocycles. The Morgan fingerprint density at radius 3 is 2.75 bits per heavy atom. The molecule has 1 aromatic heterocycles. The molecule has 1 aromatic carbocycles. The molecule has 2 N–H and O–H groups in total. The number of nitrogens with zero attached hydrogens (tertiary/aromatic N) is 2. The maximum absolute atomic E-state index is 11.9. The Hall–Kier alpha value is -2.83. The van der Waals surface area contributed by atoms with E-state index in [1.807, 2.05) is 34.9 Å². The molecule has 7 nitrogen and oxygen atoms in total. The van der Waals surface area contributed by atoms with Crippen LogP contribution in [0, 0.1) is 0 Å². The Morgan fingerprint density at radius 2 is 2.08 bits per heavy atom. The van der Waals surface area contributed by atoms with Gasteiger partial charge in [0, 0.05) is 24.4 Å². The Kier molecular flexibility index (Phi) is 4.79. The summed E-state index contributed by atoms with van der Waals surface area (Å²) in [5.74, 6) is -1.10. The van der Waals surface area contributed by atoms with Crippen molar-refractivity contribution in [1.82, 2.24) is 14.9 Å². The van der Waals surface area contributed by atoms with Crippen molar-refractivity contribution in [3.63, 3.8) is 0 Å². The van der Waals surface area contributed by atoms with Crippen LogP contribution in [-0.4, -0.2) is 32.8 Å². The topological polar surface area (TPSA) is 93.5 Å². The fourth-order valence-electron chi connectivity index (χ4n) is 2.49. The SMILES string of the molecule is O=C(NC(Cc1cncn1C1CC1)C(=O)O)OCc1ccccc1. The zero-order chi connectivity index (χ0) is 16.9. The highest BCUT2D eigenvalue weighted by atomic mass is 16.5. The minimum Gasteiger partial charge on any atom is -0.480 e. The molecule has 0 bridgehead atoms. The third-order valence-electron chi connectivity index (χ3n) is 3.90. The Morgan fingerprint density at radius 1 is 1.33 bits per heavy atom. The molecule has 0 saturated heterocycles. The van der Waals surface area contributed by atoms with Crippen molar-refractivity contribution in [2.24, 2.45) is 0 Å². The van der Waals surface area contributed by atoms with Crippen LogP contribution in [-0.2, 0) is 22.6 Å². The van der Waals surface area contributed by atoms with Gasteiger partial charge >= 0.3 is 12.1 Å². The fraction of sp³-hybridized carbons (Fsp3) is 0.353. The van der Waals surface area contributed by atoms with Gasteiger partial charge in [-0.3, -0.25) is 0 Å². The van der Waals surface area contributed by atoms with Crippen LogP contribution in [0.15, 0.2) is 42.9 Å². The molecule has 1 fully saturated rings. The summed E-state index contributed by atoms with van der Waals surface area (Å²) in [6, 6.07) is 8.56. The average molecular weight is 329 g/mol. The Bertz CT molecular complexity index is 710. The third kappa shape index (κ3) is 4.13. The normalized spacial score (nSPS) is 14.8. The van der Waals surface area contributed by atoms with E-state index in [0.717, 1.165) is 24.1 Å². The van der Waals surface area contributed by atoms with Crippen LogP contribution in [0.5, 0.6) is 0 Å². The van der Waals surface area contributed by atoms with E-state index in [1.165, 1.54) is 0 Å². The van der Waals surface area contributed by atoms with Gasteiger partial charge in [0.1, 0.15) is 12.6 Å². The predicted octanol–water partition coefficient (Wildman–Crippen LogP) is 2.14. The first-order valence-electron chi connectivity index (χ1n) is 7.84. The number of alkyl carbamates (subject to hydrolysis) is 1. The number of benzene rings is 1. The molecule has 24 heavy (non-hydrogen) atoms. The van der Waals surface area contributed by atoms with E-state index >= 15 is 0 Å². The van der Waals surface area contributed by atoms with Gasteiger partial charge in [-0.2, -0.15) is 0 Å². The molecule has 1 atom stereocenters. The Balaban J connectivity index is 1.56. The monoisotopic (exact) mass is 329 g/mol. The number of ether oxygens (including phenoxy) is 1. The van der Waals surface area contributed by atoms with Crippen LogP contribution in [0.2, 0.25) is 0 Å². The maximum Gasteiger partial charge on any atom is 0.408 e. The molecule has 1 unspecified atom stereocenters. The molecular formula is C17H19N3O4. The van der Waals surface area contributed by atoms with E-state index in [4.69, 9.17) is 4.74 Å². The molecule has 3 rings (SSSR count). The van der Waals surface area contributed by atoms with Gasteiger partial charge in [-0.05, 0) is 18.4 Å². The average Bonchev–Trinajstić information content (AvgIpc) is 3.32. The Labute approximate surface area is 139 Å². The summed E-state index contributed by atoms with van der Waals surface area (Å²) in [7, 11) is 0. The first kappa shape index (κ1) is 16.0. The number of carboxylic acids is 1. The quantitative estimate of drug-likeness (QED) is 0.812. The van der Waals surface area contributed by atoms with E-state index in [9.17, 15) is 14.7 Å². The maximum atomic E-state index is 11.9. The molecule has 1 aliphatic rings. The van der Waals surface area contributed by atoms with Gasteiger partial charge in [-0.1, -0.05) is 30.3 Å². The lowest BCUT2D eigenvalue weighted by Crippen LogP contribution is -2.42. The highest BCUT2D eigenvalue weighted by Gasteiger charge is 2.28. The van der Waals surface area contributed by atoms with Gasteiger partial charge in [-0.25, -0.2) is 14.6 Å². The number of aromatic nitrogens is 2. The molecule has 1 heterocycles. The van der Waals surface area contributed by atoms with Gasteiger partial charge in [-0.15, -0.1) is 0 Å². The molecule has 1 amide bonds. The first-order chi connectivity index (χ1) is 11.6. The van der Waals surface area contributed by atoms with Gasteiger partial charge < -0.3 is 19.7 Å². The van der Waals surface area contributed by atoms with Gasteiger partial charge in [0.05, 0.1) is 6.33 Å². The van der Waals surface area contributed by atoms with Crippen LogP contribution in [0.4, 0.5) is 4.79 Å². The summed E-state index contributed by atoms with van der Waals surface area (Å²) in [5.41, 5.74) is 1.64. The molecule has 0 radical (unpaired) electrons. The zero-order valence-electron chi connectivity index (χ0n) is 13.1. The lowest BCUT2D eigenvalue weighted by atomic mass is 10.1. The molecule has 126 valence electrons. The molecule has 0 aliphatic heterocycles. The van der Waals surface area contributed by atoms with Crippen LogP contribution in [0.25, 0.3) is 0 Å². The highest BCUT2D eigenvalue weighted by Crippen LogP contribution is 2.35. The molecule has 0 spiro atoms. The molecule has 1 aliphatic carbocycles. The molecular weight excluding hydrogens is 310 g/mol. The van der Waals surface area contributed by atoms with Crippen molar-refractivity contribution in [1.29, 1.82) is 0 Å². The number of hydrogen-bond donors (Lipinski definition) is 2. The van der Waals surface area contributed by atoms with Crippen molar-refractivity contribution in [2.45, 2.75) is 38.0 Å². The van der Waals surface area contributed by atoms with Gasteiger partial charge in [0.25, 0.3) is 0 Å². The second-order valence-electron chi connectivity index (χ2n) is 5.82. The highest BCUT2D eigenvalue weighted by molar-refractivity contribution is 5.80. The number of carboxylic acid groups (broad SMARTS) is 1. The van der Waals surface area contributed by atoms with Crippen molar-refractivity contribution in [3.05, 3.63) is 54.1 Å². The lowest BCUT2D eigenvalue weighted by molar-refractivity contribution is -0.139. The van der Waals surface area contributed by atoms with Crippen LogP contribution < -0.4 is 5.32 Å². The summed E-state index contributed by atoms with van der Waals surface area (Å²) in [6.07, 6.45) is 4.93. The van der Waals surface area contributed by atoms with Crippen molar-refractivity contribution < 1.29 is 19.4 Å². The smallest absolute Gasteiger partial charge is 0.408 e. The standard InChI is InChI=1S/C17H19N3O4/c21-16(22)15(8-14-9-18-11-20(14)13-6-7-13)19-17(23)24-10-12-4-2-1-3-5-12/h1-5,9,11,13,15H,6-8,10H2,(H,19,23)(H,21,22). The van der Waals surface area contributed by atoms with Crippen molar-refractivity contribution in [3.8, 4) is 0 Å². The summed E-state index contributed by atoms with van der Waals surface area (Å²) >= 11 is 0. The second-order valence-corrected chi connectivity index (χ2v) is 5.82. The summed E-state index contributed by atoms with van der Waals surface area (Å²) in [4.78, 5) is 27.4. The van der Waals surface area contributed by atoms with Crippen molar-refractivity contribution in [2.75, 3.05) is 0 Å². The summed E-state index contributed by atoms with van der Waals surface area (Å²) in [6.45, 7) is 0.0962. The summed E-state index contributed by atoms with van der Waals surface area (Å²) in [5, 5.41) is 11.8. The lowest BCUT2D eigenvalue weighted by Gasteiger charge is -2.15. The van der Waals surface area contributed by atoms with Gasteiger partial charge in [0.15, 0.2) is 0 Å². The summed E-state index contributed by atoms with van der Waals surface area (Å²) < 4.78 is 7.06. The van der Waals surface area contributed by atoms with Gasteiger partial charge in [0.2, 0.25) is 0 Å². The largest absolute Gasteiger partial charge is 0.480 e. The number of imidazole rings is 1. The second kappa shape index (κ2) is 7.16.